The molecule has 0 bridgehead atoms. The predicted molar refractivity (Wildman–Crippen MR) is 111 cm³/mol. The van der Waals surface area contributed by atoms with Gasteiger partial charge in [-0.25, -0.2) is 4.39 Å². The summed E-state index contributed by atoms with van der Waals surface area (Å²) in [6.45, 7) is 0. The third-order valence-electron chi connectivity index (χ3n) is 4.39. The summed E-state index contributed by atoms with van der Waals surface area (Å²) in [6.07, 6.45) is 5.51. The van der Waals surface area contributed by atoms with Gasteiger partial charge in [0.2, 0.25) is 0 Å². The molecule has 7 heteroatoms. The molecule has 2 aromatic heterocycles. The van der Waals surface area contributed by atoms with Crippen molar-refractivity contribution in [1.82, 2.24) is 9.55 Å². The maximum absolute atomic E-state index is 13.3. The lowest BCUT2D eigenvalue weighted by molar-refractivity contribution is 0.102. The van der Waals surface area contributed by atoms with Gasteiger partial charge in [-0.3, -0.25) is 9.78 Å². The molecule has 4 aromatic rings. The van der Waals surface area contributed by atoms with Crippen molar-refractivity contribution in [1.29, 1.82) is 0 Å². The summed E-state index contributed by atoms with van der Waals surface area (Å²) in [6, 6.07) is 15.3. The Bertz CT molecular complexity index is 1220. The highest BCUT2D eigenvalue weighted by atomic mass is 19.1. The zero-order valence-corrected chi connectivity index (χ0v) is 16.0. The third kappa shape index (κ3) is 4.30. The first-order chi connectivity index (χ1) is 14.5. The van der Waals surface area contributed by atoms with Gasteiger partial charge in [-0.1, -0.05) is 6.07 Å². The first kappa shape index (κ1) is 19.2. The summed E-state index contributed by atoms with van der Waals surface area (Å²) < 4.78 is 21.1. The molecule has 0 saturated carbocycles. The minimum atomic E-state index is -0.580. The number of nitrogens with zero attached hydrogens (tertiary/aromatic N) is 2. The van der Waals surface area contributed by atoms with Crippen LogP contribution in [0.15, 0.2) is 79.3 Å². The number of halogens is 1. The highest BCUT2D eigenvalue weighted by molar-refractivity contribution is 6.06. The minimum absolute atomic E-state index is 0.00843. The van der Waals surface area contributed by atoms with Crippen LogP contribution in [-0.4, -0.2) is 20.6 Å². The number of phenols is 1. The lowest BCUT2D eigenvalue weighted by Crippen LogP contribution is -2.12. The molecule has 0 radical (unpaired) electrons. The molecule has 2 N–H and O–H groups in total. The molecule has 0 saturated heterocycles. The average molecular weight is 403 g/mol. The first-order valence-corrected chi connectivity index (χ1v) is 9.14. The topological polar surface area (TPSA) is 76.4 Å². The number of benzene rings is 2. The Hall–Kier alpha value is -4.13. The molecule has 4 rings (SSSR count). The predicted octanol–water partition coefficient (Wildman–Crippen LogP) is 4.98. The van der Waals surface area contributed by atoms with Crippen molar-refractivity contribution < 1.29 is 19.0 Å². The fourth-order valence-electron chi connectivity index (χ4n) is 2.95. The van der Waals surface area contributed by atoms with Crippen LogP contribution in [0.5, 0.6) is 17.2 Å². The molecule has 2 aromatic carbocycles. The van der Waals surface area contributed by atoms with Gasteiger partial charge in [0.25, 0.3) is 5.91 Å². The largest absolute Gasteiger partial charge is 0.507 e. The Morgan fingerprint density at radius 2 is 1.93 bits per heavy atom. The van der Waals surface area contributed by atoms with E-state index in [-0.39, 0.29) is 17.0 Å². The zero-order valence-electron chi connectivity index (χ0n) is 16.0. The van der Waals surface area contributed by atoms with Crippen LogP contribution in [0.4, 0.5) is 10.1 Å². The highest BCUT2D eigenvalue weighted by Gasteiger charge is 2.14. The van der Waals surface area contributed by atoms with E-state index < -0.39 is 11.7 Å². The lowest BCUT2D eigenvalue weighted by atomic mass is 10.1. The van der Waals surface area contributed by atoms with Crippen LogP contribution in [0, 0.1) is 5.82 Å². The number of carbonyl (C=O) groups excluding carboxylic acids is 1. The van der Waals surface area contributed by atoms with Gasteiger partial charge in [-0.2, -0.15) is 0 Å². The molecule has 150 valence electrons. The van der Waals surface area contributed by atoms with Gasteiger partial charge >= 0.3 is 0 Å². The number of nitrogens with one attached hydrogen (secondary N) is 1. The standard InChI is InChI=1S/C23H18FN3O3/c1-27-10-8-15(14-27)21-13-19(7-9-25-21)30-18-5-6-22(28)20(12-18)23(29)26-17-4-2-3-16(24)11-17/h2-14,28H,1H3,(H,26,29). The van der Waals surface area contributed by atoms with Gasteiger partial charge in [0.1, 0.15) is 23.1 Å². The van der Waals surface area contributed by atoms with E-state index in [0.717, 1.165) is 11.3 Å². The van der Waals surface area contributed by atoms with Crippen LogP contribution in [0.3, 0.4) is 0 Å². The molecule has 1 amide bonds. The Morgan fingerprint density at radius 3 is 2.70 bits per heavy atom. The second-order valence-electron chi connectivity index (χ2n) is 6.69. The minimum Gasteiger partial charge on any atom is -0.507 e. The van der Waals surface area contributed by atoms with Crippen molar-refractivity contribution in [3.63, 3.8) is 0 Å². The number of carbonyl (C=O) groups is 1. The fourth-order valence-corrected chi connectivity index (χ4v) is 2.95. The number of aromatic hydroxyl groups is 1. The molecular formula is C23H18FN3O3. The van der Waals surface area contributed by atoms with Crippen LogP contribution >= 0.6 is 0 Å². The Kier molecular flexibility index (Phi) is 5.17. The number of rotatable bonds is 5. The number of hydrogen-bond donors (Lipinski definition) is 2. The number of anilines is 1. The van der Waals surface area contributed by atoms with Crippen molar-refractivity contribution >= 4 is 11.6 Å². The van der Waals surface area contributed by atoms with Gasteiger partial charge in [0.05, 0.1) is 11.3 Å². The molecule has 0 aliphatic rings. The Labute approximate surface area is 172 Å². The van der Waals surface area contributed by atoms with Crippen molar-refractivity contribution in [2.45, 2.75) is 0 Å². The van der Waals surface area contributed by atoms with E-state index >= 15 is 0 Å². The molecule has 0 atom stereocenters. The molecule has 0 unspecified atom stereocenters. The van der Waals surface area contributed by atoms with Crippen LogP contribution in [0.2, 0.25) is 0 Å². The summed E-state index contributed by atoms with van der Waals surface area (Å²) in [5.74, 6) is -0.367. The summed E-state index contributed by atoms with van der Waals surface area (Å²) in [5.41, 5.74) is 1.99. The van der Waals surface area contributed by atoms with E-state index in [0.29, 0.717) is 11.5 Å². The molecule has 30 heavy (non-hydrogen) atoms. The second kappa shape index (κ2) is 8.08. The van der Waals surface area contributed by atoms with Gasteiger partial charge in [0.15, 0.2) is 0 Å². The molecule has 2 heterocycles. The van der Waals surface area contributed by atoms with Gasteiger partial charge < -0.3 is 19.7 Å². The number of aromatic nitrogens is 2. The van der Waals surface area contributed by atoms with Crippen molar-refractivity contribution in [3.05, 3.63) is 90.6 Å². The molecule has 0 aliphatic heterocycles. The maximum Gasteiger partial charge on any atom is 0.259 e. The normalized spacial score (nSPS) is 10.6. The Balaban J connectivity index is 1.55. The van der Waals surface area contributed by atoms with E-state index in [2.05, 4.69) is 10.3 Å². The van der Waals surface area contributed by atoms with Crippen molar-refractivity contribution in [3.8, 4) is 28.5 Å². The lowest BCUT2D eigenvalue weighted by Gasteiger charge is -2.11. The van der Waals surface area contributed by atoms with Gasteiger partial charge in [-0.15, -0.1) is 0 Å². The van der Waals surface area contributed by atoms with Crippen LogP contribution in [0.25, 0.3) is 11.3 Å². The van der Waals surface area contributed by atoms with Gasteiger partial charge in [-0.05, 0) is 48.5 Å². The van der Waals surface area contributed by atoms with E-state index in [1.165, 1.54) is 30.3 Å². The molecule has 0 spiro atoms. The van der Waals surface area contributed by atoms with E-state index in [9.17, 15) is 14.3 Å². The van der Waals surface area contributed by atoms with Gasteiger partial charge in [0, 0.05) is 43.0 Å². The fraction of sp³-hybridized carbons (Fsp3) is 0.0435. The van der Waals surface area contributed by atoms with E-state index in [1.54, 1.807) is 30.5 Å². The summed E-state index contributed by atoms with van der Waals surface area (Å²) >= 11 is 0. The summed E-state index contributed by atoms with van der Waals surface area (Å²) in [4.78, 5) is 16.9. The third-order valence-corrected chi connectivity index (χ3v) is 4.39. The van der Waals surface area contributed by atoms with Crippen molar-refractivity contribution in [2.75, 3.05) is 5.32 Å². The summed E-state index contributed by atoms with van der Waals surface area (Å²) in [7, 11) is 1.93. The number of aryl methyl sites for hydroxylation is 1. The van der Waals surface area contributed by atoms with Crippen molar-refractivity contribution in [2.24, 2.45) is 7.05 Å². The maximum atomic E-state index is 13.3. The number of pyridine rings is 1. The number of phenolic OH excluding ortho intramolecular Hbond substituents is 1. The number of ether oxygens (including phenoxy) is 1. The Morgan fingerprint density at radius 1 is 1.10 bits per heavy atom. The molecular weight excluding hydrogens is 385 g/mol. The van der Waals surface area contributed by atoms with Crippen LogP contribution < -0.4 is 10.1 Å². The number of amides is 1. The molecule has 0 fully saturated rings. The average Bonchev–Trinajstić information content (AvgIpc) is 3.16. The first-order valence-electron chi connectivity index (χ1n) is 9.14. The van der Waals surface area contributed by atoms with Crippen LogP contribution in [-0.2, 0) is 7.05 Å². The smallest absolute Gasteiger partial charge is 0.259 e. The van der Waals surface area contributed by atoms with E-state index in [4.69, 9.17) is 4.74 Å². The summed E-state index contributed by atoms with van der Waals surface area (Å²) in [5, 5.41) is 12.7. The zero-order chi connectivity index (χ0) is 21.1. The molecule has 6 nitrogen and oxygen atoms in total. The van der Waals surface area contributed by atoms with E-state index in [1.807, 2.05) is 30.1 Å². The van der Waals surface area contributed by atoms with Crippen LogP contribution in [0.1, 0.15) is 10.4 Å². The highest BCUT2D eigenvalue weighted by Crippen LogP contribution is 2.29. The SMILES string of the molecule is Cn1ccc(-c2cc(Oc3ccc(O)c(C(=O)Nc4cccc(F)c4)c3)ccn2)c1. The quantitative estimate of drug-likeness (QED) is 0.493. The second-order valence-corrected chi connectivity index (χ2v) is 6.69. The number of hydrogen-bond acceptors (Lipinski definition) is 4. The molecule has 0 aliphatic carbocycles. The monoisotopic (exact) mass is 403 g/mol.